The zero-order chi connectivity index (χ0) is 20.2. The van der Waals surface area contributed by atoms with Crippen LogP contribution < -0.4 is 16.4 Å². The van der Waals surface area contributed by atoms with Gasteiger partial charge in [-0.15, -0.1) is 0 Å². The molecule has 0 aromatic carbocycles. The molecule has 0 aliphatic carbocycles. The van der Waals surface area contributed by atoms with E-state index in [1.807, 2.05) is 7.05 Å². The van der Waals surface area contributed by atoms with Crippen molar-refractivity contribution < 1.29 is 19.1 Å². The van der Waals surface area contributed by atoms with E-state index in [2.05, 4.69) is 15.6 Å². The summed E-state index contributed by atoms with van der Waals surface area (Å²) in [6.07, 6.45) is 3.53. The number of hydrogen-bond acceptors (Lipinski definition) is 6. The Bertz CT molecular complexity index is 498. The number of amides is 1. The highest BCUT2D eigenvalue weighted by Crippen LogP contribution is 2.10. The average Bonchev–Trinajstić information content (AvgIpc) is 2.55. The van der Waals surface area contributed by atoms with Gasteiger partial charge in [-0.1, -0.05) is 6.42 Å². The topological polar surface area (TPSA) is 123 Å². The Hall–Kier alpha value is -1.96. The van der Waals surface area contributed by atoms with Crippen LogP contribution in [0.25, 0.3) is 0 Å². The number of nitrogens with two attached hydrogens (primary N) is 1. The van der Waals surface area contributed by atoms with Crippen molar-refractivity contribution in [2.75, 3.05) is 20.6 Å². The third-order valence-electron chi connectivity index (χ3n) is 3.59. The first-order valence-electron chi connectivity index (χ1n) is 9.03. The van der Waals surface area contributed by atoms with Gasteiger partial charge in [0.1, 0.15) is 5.60 Å². The number of esters is 1. The number of carbonyl (C=O) groups excluding carboxylic acids is 3. The van der Waals surface area contributed by atoms with Crippen molar-refractivity contribution in [3.8, 4) is 0 Å². The first kappa shape index (κ1) is 24.0. The predicted octanol–water partition coefficient (Wildman–Crippen LogP) is 0.929. The maximum Gasteiger partial charge on any atom is 0.397 e. The van der Waals surface area contributed by atoms with E-state index in [4.69, 9.17) is 10.5 Å². The van der Waals surface area contributed by atoms with Crippen molar-refractivity contribution >= 4 is 23.5 Å². The zero-order valence-electron chi connectivity index (χ0n) is 16.7. The van der Waals surface area contributed by atoms with E-state index in [0.717, 1.165) is 6.42 Å². The van der Waals surface area contributed by atoms with Gasteiger partial charge in [0.05, 0.1) is 11.9 Å². The Morgan fingerprint density at radius 3 is 2.31 bits per heavy atom. The van der Waals surface area contributed by atoms with Crippen LogP contribution in [0.4, 0.5) is 0 Å². The molecule has 4 N–H and O–H groups in total. The number of nitrogens with one attached hydrogen (secondary N) is 2. The van der Waals surface area contributed by atoms with Gasteiger partial charge >= 0.3 is 11.9 Å². The van der Waals surface area contributed by atoms with Crippen molar-refractivity contribution in [2.45, 2.75) is 70.9 Å². The Kier molecular flexibility index (Phi) is 11.5. The smallest absolute Gasteiger partial charge is 0.397 e. The second kappa shape index (κ2) is 12.4. The van der Waals surface area contributed by atoms with Crippen LogP contribution in [0.1, 0.15) is 59.3 Å². The molecule has 0 aromatic rings. The summed E-state index contributed by atoms with van der Waals surface area (Å²) in [6.45, 7) is 5.75. The number of aliphatic imine (C=N–C) groups is 1. The number of Topliss-reactive ketones (excluding diaryl/α,β-unsaturated/α-hetero) is 1. The molecule has 1 amide bonds. The molecule has 0 heterocycles. The molecule has 0 radical (unpaired) electrons. The van der Waals surface area contributed by atoms with E-state index in [9.17, 15) is 14.4 Å². The fraction of sp³-hybridized carbons (Fsp3) is 0.778. The molecule has 0 saturated carbocycles. The summed E-state index contributed by atoms with van der Waals surface area (Å²) in [6, 6.07) is -0.702. The molecule has 0 saturated heterocycles. The molecule has 26 heavy (non-hydrogen) atoms. The molecule has 8 nitrogen and oxygen atoms in total. The minimum absolute atomic E-state index is 0.0886. The third-order valence-corrected chi connectivity index (χ3v) is 3.59. The Morgan fingerprint density at radius 2 is 1.77 bits per heavy atom. The highest BCUT2D eigenvalue weighted by atomic mass is 16.6. The normalized spacial score (nSPS) is 13.2. The molecule has 0 rings (SSSR count). The molecule has 0 fully saturated rings. The summed E-state index contributed by atoms with van der Waals surface area (Å²) in [5, 5.41) is 5.50. The second-order valence-electron chi connectivity index (χ2n) is 7.16. The number of ether oxygens (including phenoxy) is 1. The van der Waals surface area contributed by atoms with E-state index in [-0.39, 0.29) is 5.78 Å². The number of carbonyl (C=O) groups is 3. The first-order chi connectivity index (χ1) is 12.1. The lowest BCUT2D eigenvalue weighted by Crippen LogP contribution is -2.46. The summed E-state index contributed by atoms with van der Waals surface area (Å²) in [5.74, 6) is -1.40. The SMILES string of the molecule is CN=C(N)CCCC[C@H](NC(=O)C(=O)OC(C)(C)C)C(=O)CCCNC. The van der Waals surface area contributed by atoms with Gasteiger partial charge in [-0.25, -0.2) is 4.79 Å². The Labute approximate surface area is 156 Å². The van der Waals surface area contributed by atoms with Crippen LogP contribution in [0.5, 0.6) is 0 Å². The van der Waals surface area contributed by atoms with E-state index >= 15 is 0 Å². The maximum absolute atomic E-state index is 12.4. The summed E-state index contributed by atoms with van der Waals surface area (Å²) in [7, 11) is 3.44. The lowest BCUT2D eigenvalue weighted by molar-refractivity contribution is -0.163. The van der Waals surface area contributed by atoms with Gasteiger partial charge in [0, 0.05) is 19.9 Å². The van der Waals surface area contributed by atoms with Crippen molar-refractivity contribution in [1.82, 2.24) is 10.6 Å². The molecule has 8 heteroatoms. The van der Waals surface area contributed by atoms with Crippen LogP contribution in [0, 0.1) is 0 Å². The van der Waals surface area contributed by atoms with E-state index in [1.54, 1.807) is 27.8 Å². The van der Waals surface area contributed by atoms with Gasteiger partial charge in [0.2, 0.25) is 0 Å². The van der Waals surface area contributed by atoms with Crippen molar-refractivity contribution in [2.24, 2.45) is 10.7 Å². The van der Waals surface area contributed by atoms with Crippen LogP contribution in [0.3, 0.4) is 0 Å². The zero-order valence-corrected chi connectivity index (χ0v) is 16.7. The molecule has 0 aromatic heterocycles. The summed E-state index contributed by atoms with van der Waals surface area (Å²) < 4.78 is 5.05. The number of nitrogens with zero attached hydrogens (tertiary/aromatic N) is 1. The van der Waals surface area contributed by atoms with Crippen molar-refractivity contribution in [3.05, 3.63) is 0 Å². The predicted molar refractivity (Wildman–Crippen MR) is 102 cm³/mol. The molecule has 0 bridgehead atoms. The monoisotopic (exact) mass is 370 g/mol. The highest BCUT2D eigenvalue weighted by Gasteiger charge is 2.27. The molecular weight excluding hydrogens is 336 g/mol. The fourth-order valence-corrected chi connectivity index (χ4v) is 2.24. The Balaban J connectivity index is 4.72. The number of ketones is 1. The molecule has 1 atom stereocenters. The van der Waals surface area contributed by atoms with Gasteiger partial charge in [0.25, 0.3) is 0 Å². The number of amidine groups is 1. The van der Waals surface area contributed by atoms with Crippen LogP contribution >= 0.6 is 0 Å². The van der Waals surface area contributed by atoms with Crippen LogP contribution in [0.2, 0.25) is 0 Å². The summed E-state index contributed by atoms with van der Waals surface area (Å²) in [5.41, 5.74) is 4.89. The minimum atomic E-state index is -0.979. The highest BCUT2D eigenvalue weighted by molar-refractivity contribution is 6.33. The summed E-state index contributed by atoms with van der Waals surface area (Å²) in [4.78, 5) is 40.2. The lowest BCUT2D eigenvalue weighted by atomic mass is 10.0. The van der Waals surface area contributed by atoms with Gasteiger partial charge in [0.15, 0.2) is 5.78 Å². The molecular formula is C18H34N4O4. The van der Waals surface area contributed by atoms with Crippen molar-refractivity contribution in [3.63, 3.8) is 0 Å². The minimum Gasteiger partial charge on any atom is -0.453 e. The van der Waals surface area contributed by atoms with Crippen LogP contribution in [0.15, 0.2) is 4.99 Å². The van der Waals surface area contributed by atoms with Gasteiger partial charge in [-0.3, -0.25) is 14.6 Å². The van der Waals surface area contributed by atoms with E-state index < -0.39 is 23.5 Å². The van der Waals surface area contributed by atoms with E-state index in [0.29, 0.717) is 44.5 Å². The first-order valence-corrected chi connectivity index (χ1v) is 9.03. The number of unbranched alkanes of at least 4 members (excludes halogenated alkanes) is 1. The summed E-state index contributed by atoms with van der Waals surface area (Å²) >= 11 is 0. The molecule has 0 spiro atoms. The van der Waals surface area contributed by atoms with Crippen LogP contribution in [-0.2, 0) is 19.1 Å². The number of rotatable bonds is 11. The molecule has 0 aliphatic rings. The maximum atomic E-state index is 12.4. The van der Waals surface area contributed by atoms with E-state index in [1.165, 1.54) is 0 Å². The lowest BCUT2D eigenvalue weighted by Gasteiger charge is -2.21. The van der Waals surface area contributed by atoms with Gasteiger partial charge in [-0.05, 0) is 53.6 Å². The molecule has 0 unspecified atom stereocenters. The Morgan fingerprint density at radius 1 is 1.12 bits per heavy atom. The van der Waals surface area contributed by atoms with Gasteiger partial charge < -0.3 is 21.1 Å². The largest absolute Gasteiger partial charge is 0.453 e. The fourth-order valence-electron chi connectivity index (χ4n) is 2.24. The van der Waals surface area contributed by atoms with Crippen LogP contribution in [-0.4, -0.2) is 55.8 Å². The standard InChI is InChI=1S/C18H34N4O4/c1-18(2,3)26-17(25)16(24)22-13(14(23)10-8-12-20-4)9-6-7-11-15(19)21-5/h13,20H,6-12H2,1-5H3,(H2,19,21)(H,22,24)/t13-/m0/s1. The number of hydrogen-bond donors (Lipinski definition) is 3. The van der Waals surface area contributed by atoms with Gasteiger partial charge in [-0.2, -0.15) is 0 Å². The van der Waals surface area contributed by atoms with Crippen molar-refractivity contribution in [1.29, 1.82) is 0 Å². The third kappa shape index (κ3) is 11.6. The average molecular weight is 370 g/mol. The molecule has 150 valence electrons. The quantitative estimate of drug-likeness (QED) is 0.163. The molecule has 0 aliphatic heterocycles. The second-order valence-corrected chi connectivity index (χ2v) is 7.16.